The zero-order valence-electron chi connectivity index (χ0n) is 12.8. The first-order valence-electron chi connectivity index (χ1n) is 7.39. The van der Waals surface area contributed by atoms with Gasteiger partial charge in [0.2, 0.25) is 0 Å². The van der Waals surface area contributed by atoms with Crippen LogP contribution in [0, 0.1) is 17.7 Å². The summed E-state index contributed by atoms with van der Waals surface area (Å²) in [5, 5.41) is 4.65. The van der Waals surface area contributed by atoms with Crippen molar-refractivity contribution in [3.8, 4) is 23.0 Å². The van der Waals surface area contributed by atoms with Gasteiger partial charge >= 0.3 is 0 Å². The van der Waals surface area contributed by atoms with E-state index in [1.54, 1.807) is 12.1 Å². The molecule has 3 rings (SSSR count). The first-order valence-corrected chi connectivity index (χ1v) is 8.27. The Balaban J connectivity index is 1.67. The van der Waals surface area contributed by atoms with Gasteiger partial charge in [-0.2, -0.15) is 0 Å². The predicted molar refractivity (Wildman–Crippen MR) is 95.4 cm³/mol. The predicted octanol–water partition coefficient (Wildman–Crippen LogP) is 4.34. The monoisotopic (exact) mass is 335 g/mol. The van der Waals surface area contributed by atoms with Crippen LogP contribution in [0.4, 0.5) is 4.39 Å². The summed E-state index contributed by atoms with van der Waals surface area (Å²) in [6.45, 7) is 0.272. The molecule has 0 aliphatic rings. The van der Waals surface area contributed by atoms with Gasteiger partial charge in [0.1, 0.15) is 5.82 Å². The van der Waals surface area contributed by atoms with Gasteiger partial charge in [0.25, 0.3) is 5.91 Å². The van der Waals surface area contributed by atoms with Crippen molar-refractivity contribution in [1.82, 2.24) is 5.32 Å². The first kappa shape index (κ1) is 16.0. The smallest absolute Gasteiger partial charge is 0.262 e. The van der Waals surface area contributed by atoms with Crippen molar-refractivity contribution in [2.45, 2.75) is 0 Å². The van der Waals surface area contributed by atoms with Gasteiger partial charge in [-0.25, -0.2) is 4.39 Å². The molecule has 3 aromatic rings. The number of hydrogen-bond acceptors (Lipinski definition) is 2. The average Bonchev–Trinajstić information content (AvgIpc) is 3.10. The molecule has 2 nitrogen and oxygen atoms in total. The number of thiophene rings is 1. The number of amides is 1. The molecule has 0 radical (unpaired) electrons. The first-order chi connectivity index (χ1) is 11.7. The quantitative estimate of drug-likeness (QED) is 0.709. The summed E-state index contributed by atoms with van der Waals surface area (Å²) in [5.41, 5.74) is 2.53. The molecule has 1 amide bonds. The molecular formula is C20H14FNOS. The molecule has 0 fully saturated rings. The van der Waals surface area contributed by atoms with E-state index in [2.05, 4.69) is 17.2 Å². The summed E-state index contributed by atoms with van der Waals surface area (Å²) in [6.07, 6.45) is 0. The molecule has 0 unspecified atom stereocenters. The third kappa shape index (κ3) is 3.89. The molecule has 0 spiro atoms. The Kier molecular flexibility index (Phi) is 5.05. The lowest BCUT2D eigenvalue weighted by Gasteiger charge is -2.04. The second kappa shape index (κ2) is 7.58. The SMILES string of the molecule is O=C(NCC#Cc1ccccc1)c1sccc1-c1ccc(F)cc1. The third-order valence-corrected chi connectivity index (χ3v) is 4.28. The topological polar surface area (TPSA) is 29.1 Å². The lowest BCUT2D eigenvalue weighted by molar-refractivity contribution is 0.0963. The minimum atomic E-state index is -0.295. The van der Waals surface area contributed by atoms with E-state index in [0.717, 1.165) is 16.7 Å². The van der Waals surface area contributed by atoms with E-state index in [0.29, 0.717) is 4.88 Å². The van der Waals surface area contributed by atoms with Crippen LogP contribution in [0.25, 0.3) is 11.1 Å². The highest BCUT2D eigenvalue weighted by atomic mass is 32.1. The Hall–Kier alpha value is -2.90. The largest absolute Gasteiger partial charge is 0.340 e. The number of nitrogens with one attached hydrogen (secondary N) is 1. The second-order valence-corrected chi connectivity index (χ2v) is 5.94. The Morgan fingerprint density at radius 2 is 1.79 bits per heavy atom. The summed E-state index contributed by atoms with van der Waals surface area (Å²) >= 11 is 1.36. The highest BCUT2D eigenvalue weighted by Crippen LogP contribution is 2.28. The van der Waals surface area contributed by atoms with Crippen molar-refractivity contribution in [2.24, 2.45) is 0 Å². The standard InChI is InChI=1S/C20H14FNOS/c21-17-10-8-16(9-11-17)18-12-14-24-19(18)20(23)22-13-4-7-15-5-2-1-3-6-15/h1-3,5-6,8-12,14H,13H2,(H,22,23). The van der Waals surface area contributed by atoms with Gasteiger partial charge in [0.15, 0.2) is 0 Å². The molecule has 1 heterocycles. The van der Waals surface area contributed by atoms with Crippen molar-refractivity contribution in [3.63, 3.8) is 0 Å². The van der Waals surface area contributed by atoms with E-state index in [1.165, 1.54) is 23.5 Å². The summed E-state index contributed by atoms with van der Waals surface area (Å²) in [7, 11) is 0. The number of carbonyl (C=O) groups excluding carboxylic acids is 1. The van der Waals surface area contributed by atoms with Gasteiger partial charge in [0, 0.05) is 11.1 Å². The zero-order chi connectivity index (χ0) is 16.8. The molecule has 1 aromatic heterocycles. The fourth-order valence-corrected chi connectivity index (χ4v) is 3.05. The molecule has 0 saturated carbocycles. The number of benzene rings is 2. The minimum absolute atomic E-state index is 0.174. The number of rotatable bonds is 3. The van der Waals surface area contributed by atoms with Gasteiger partial charge in [-0.1, -0.05) is 42.2 Å². The van der Waals surface area contributed by atoms with Crippen LogP contribution in [-0.2, 0) is 0 Å². The zero-order valence-corrected chi connectivity index (χ0v) is 13.6. The van der Waals surface area contributed by atoms with Crippen molar-refractivity contribution in [2.75, 3.05) is 6.54 Å². The molecule has 0 atom stereocenters. The third-order valence-electron chi connectivity index (χ3n) is 3.37. The molecule has 4 heteroatoms. The summed E-state index contributed by atoms with van der Waals surface area (Å²) in [6, 6.07) is 17.6. The normalized spacial score (nSPS) is 9.88. The van der Waals surface area contributed by atoms with E-state index in [4.69, 9.17) is 0 Å². The molecular weight excluding hydrogens is 321 g/mol. The van der Waals surface area contributed by atoms with E-state index < -0.39 is 0 Å². The van der Waals surface area contributed by atoms with Crippen LogP contribution in [0.3, 0.4) is 0 Å². The van der Waals surface area contributed by atoms with Crippen LogP contribution >= 0.6 is 11.3 Å². The van der Waals surface area contributed by atoms with Crippen molar-refractivity contribution < 1.29 is 9.18 Å². The second-order valence-electron chi connectivity index (χ2n) is 5.02. The van der Waals surface area contributed by atoms with E-state index >= 15 is 0 Å². The molecule has 0 aliphatic heterocycles. The Morgan fingerprint density at radius 1 is 1.04 bits per heavy atom. The Bertz CT molecular complexity index is 889. The fraction of sp³-hybridized carbons (Fsp3) is 0.0500. The Labute approximate surface area is 144 Å². The van der Waals surface area contributed by atoms with Crippen molar-refractivity contribution in [1.29, 1.82) is 0 Å². The van der Waals surface area contributed by atoms with Gasteiger partial charge in [-0.15, -0.1) is 11.3 Å². The Morgan fingerprint density at radius 3 is 2.54 bits per heavy atom. The molecule has 24 heavy (non-hydrogen) atoms. The lowest BCUT2D eigenvalue weighted by atomic mass is 10.1. The number of hydrogen-bond donors (Lipinski definition) is 1. The highest BCUT2D eigenvalue weighted by molar-refractivity contribution is 7.12. The van der Waals surface area contributed by atoms with Crippen LogP contribution in [0.5, 0.6) is 0 Å². The molecule has 2 aromatic carbocycles. The van der Waals surface area contributed by atoms with Crippen molar-refractivity contribution in [3.05, 3.63) is 82.3 Å². The molecule has 0 saturated heterocycles. The van der Waals surface area contributed by atoms with E-state index in [-0.39, 0.29) is 18.3 Å². The van der Waals surface area contributed by atoms with Crippen molar-refractivity contribution >= 4 is 17.2 Å². The number of carbonyl (C=O) groups is 1. The lowest BCUT2D eigenvalue weighted by Crippen LogP contribution is -2.23. The summed E-state index contributed by atoms with van der Waals surface area (Å²) in [4.78, 5) is 12.9. The number of halogens is 1. The molecule has 0 aliphatic carbocycles. The summed E-state index contributed by atoms with van der Waals surface area (Å²) < 4.78 is 13.0. The van der Waals surface area contributed by atoms with Crippen LogP contribution in [0.2, 0.25) is 0 Å². The highest BCUT2D eigenvalue weighted by Gasteiger charge is 2.13. The summed E-state index contributed by atoms with van der Waals surface area (Å²) in [5.74, 6) is 5.46. The van der Waals surface area contributed by atoms with E-state index in [1.807, 2.05) is 41.8 Å². The van der Waals surface area contributed by atoms with Crippen LogP contribution in [0.15, 0.2) is 66.0 Å². The van der Waals surface area contributed by atoms with Gasteiger partial charge in [-0.05, 0) is 41.3 Å². The van der Waals surface area contributed by atoms with Crippen LogP contribution in [-0.4, -0.2) is 12.5 Å². The van der Waals surface area contributed by atoms with E-state index in [9.17, 15) is 9.18 Å². The maximum absolute atomic E-state index is 13.0. The van der Waals surface area contributed by atoms with Gasteiger partial charge < -0.3 is 5.32 Å². The maximum Gasteiger partial charge on any atom is 0.262 e. The van der Waals surface area contributed by atoms with Crippen LogP contribution in [0.1, 0.15) is 15.2 Å². The van der Waals surface area contributed by atoms with Crippen LogP contribution < -0.4 is 5.32 Å². The fourth-order valence-electron chi connectivity index (χ4n) is 2.21. The molecule has 1 N–H and O–H groups in total. The molecule has 0 bridgehead atoms. The average molecular weight is 335 g/mol. The maximum atomic E-state index is 13.0. The van der Waals surface area contributed by atoms with Gasteiger partial charge in [-0.3, -0.25) is 4.79 Å². The molecule has 118 valence electrons. The minimum Gasteiger partial charge on any atom is -0.340 e. The van der Waals surface area contributed by atoms with Gasteiger partial charge in [0.05, 0.1) is 11.4 Å².